The first-order chi connectivity index (χ1) is 11.8. The van der Waals surface area contributed by atoms with Crippen LogP contribution in [-0.2, 0) is 6.42 Å². The summed E-state index contributed by atoms with van der Waals surface area (Å²) in [5, 5.41) is 7.58. The number of nitrogens with one attached hydrogen (secondary N) is 2. The molecule has 0 saturated carbocycles. The summed E-state index contributed by atoms with van der Waals surface area (Å²) < 4.78 is 5.92. The first kappa shape index (κ1) is 17.0. The van der Waals surface area contributed by atoms with Crippen LogP contribution in [0.4, 0.5) is 5.82 Å². The number of hydrogen-bond acceptors (Lipinski definition) is 7. The van der Waals surface area contributed by atoms with E-state index in [-0.39, 0.29) is 6.10 Å². The highest BCUT2D eigenvalue weighted by atomic mass is 32.2. The van der Waals surface area contributed by atoms with Crippen LogP contribution in [0, 0.1) is 0 Å². The van der Waals surface area contributed by atoms with Crippen LogP contribution in [0.1, 0.15) is 18.4 Å². The minimum absolute atomic E-state index is 0.214. The summed E-state index contributed by atoms with van der Waals surface area (Å²) in [6.45, 7) is 2.69. The van der Waals surface area contributed by atoms with E-state index in [0.29, 0.717) is 0 Å². The number of aromatic nitrogens is 3. The third kappa shape index (κ3) is 4.82. The Kier molecular flexibility index (Phi) is 6.26. The highest BCUT2D eigenvalue weighted by Crippen LogP contribution is 2.24. The van der Waals surface area contributed by atoms with E-state index in [9.17, 15) is 0 Å². The Bertz CT molecular complexity index is 654. The van der Waals surface area contributed by atoms with Gasteiger partial charge in [-0.15, -0.1) is 0 Å². The number of ether oxygens (including phenoxy) is 1. The van der Waals surface area contributed by atoms with Crippen molar-refractivity contribution in [2.45, 2.75) is 30.5 Å². The maximum Gasteiger partial charge on any atom is 0.216 e. The molecule has 24 heavy (non-hydrogen) atoms. The molecule has 0 aromatic carbocycles. The average molecular weight is 345 g/mol. The van der Waals surface area contributed by atoms with Crippen molar-refractivity contribution in [1.82, 2.24) is 20.3 Å². The van der Waals surface area contributed by atoms with Gasteiger partial charge in [-0.3, -0.25) is 0 Å². The van der Waals surface area contributed by atoms with Crippen LogP contribution >= 0.6 is 11.8 Å². The van der Waals surface area contributed by atoms with E-state index in [0.717, 1.165) is 55.8 Å². The topological polar surface area (TPSA) is 72.0 Å². The van der Waals surface area contributed by atoms with Gasteiger partial charge in [0.15, 0.2) is 5.16 Å². The molecule has 7 heteroatoms. The Labute approximate surface area is 146 Å². The Morgan fingerprint density at radius 3 is 3.12 bits per heavy atom. The molecule has 0 radical (unpaired) electrons. The van der Waals surface area contributed by atoms with Gasteiger partial charge >= 0.3 is 0 Å². The fourth-order valence-electron chi connectivity index (χ4n) is 2.63. The van der Waals surface area contributed by atoms with Crippen LogP contribution in [-0.4, -0.2) is 46.9 Å². The maximum atomic E-state index is 5.92. The van der Waals surface area contributed by atoms with Crippen molar-refractivity contribution < 1.29 is 4.74 Å². The summed E-state index contributed by atoms with van der Waals surface area (Å²) in [5.41, 5.74) is 1.22. The second-order valence-electron chi connectivity index (χ2n) is 5.66. The molecule has 0 saturated heterocycles. The van der Waals surface area contributed by atoms with Crippen LogP contribution < -0.4 is 15.4 Å². The largest absolute Gasteiger partial charge is 0.473 e. The van der Waals surface area contributed by atoms with Crippen molar-refractivity contribution in [3.05, 3.63) is 36.2 Å². The quantitative estimate of drug-likeness (QED) is 0.432. The van der Waals surface area contributed by atoms with Crippen molar-refractivity contribution in [2.24, 2.45) is 0 Å². The molecule has 0 fully saturated rings. The smallest absolute Gasteiger partial charge is 0.216 e. The molecule has 0 spiro atoms. The lowest BCUT2D eigenvalue weighted by Gasteiger charge is -2.25. The number of fused-ring (bicyclic) bond motifs is 1. The zero-order chi connectivity index (χ0) is 16.6. The standard InChI is InChI=1S/C17H23N5OS/c1-24-17-21-11-7-15(22-17)19-10-3-8-18-12-14-6-5-13-4-2-9-20-16(13)23-14/h2,4,7,9,11,14,18H,3,5-6,8,10,12H2,1H3,(H,19,21,22). The molecule has 128 valence electrons. The van der Waals surface area contributed by atoms with Gasteiger partial charge in [0.2, 0.25) is 5.88 Å². The number of anilines is 1. The van der Waals surface area contributed by atoms with Gasteiger partial charge in [-0.2, -0.15) is 0 Å². The van der Waals surface area contributed by atoms with E-state index in [1.165, 1.54) is 5.56 Å². The second kappa shape index (κ2) is 8.84. The van der Waals surface area contributed by atoms with Crippen LogP contribution in [0.15, 0.2) is 35.7 Å². The van der Waals surface area contributed by atoms with Crippen molar-refractivity contribution in [3.8, 4) is 5.88 Å². The minimum atomic E-state index is 0.214. The van der Waals surface area contributed by atoms with Crippen molar-refractivity contribution in [1.29, 1.82) is 0 Å². The molecule has 0 amide bonds. The Balaban J connectivity index is 1.30. The van der Waals surface area contributed by atoms with Crippen LogP contribution in [0.25, 0.3) is 0 Å². The number of nitrogens with zero attached hydrogens (tertiary/aromatic N) is 3. The highest BCUT2D eigenvalue weighted by molar-refractivity contribution is 7.98. The van der Waals surface area contributed by atoms with Crippen LogP contribution in [0.2, 0.25) is 0 Å². The third-order valence-corrected chi connectivity index (χ3v) is 4.45. The Morgan fingerprint density at radius 2 is 2.21 bits per heavy atom. The number of aryl methyl sites for hydroxylation is 1. The molecular formula is C17H23N5OS. The van der Waals surface area contributed by atoms with Crippen molar-refractivity contribution in [3.63, 3.8) is 0 Å². The van der Waals surface area contributed by atoms with Gasteiger partial charge in [0.25, 0.3) is 0 Å². The monoisotopic (exact) mass is 345 g/mol. The number of thioether (sulfide) groups is 1. The number of hydrogen-bond donors (Lipinski definition) is 2. The normalized spacial score (nSPS) is 16.3. The Hall–Kier alpha value is -1.86. The lowest BCUT2D eigenvalue weighted by atomic mass is 10.1. The molecular weight excluding hydrogens is 322 g/mol. The van der Waals surface area contributed by atoms with Crippen molar-refractivity contribution >= 4 is 17.6 Å². The van der Waals surface area contributed by atoms with Gasteiger partial charge < -0.3 is 15.4 Å². The van der Waals surface area contributed by atoms with Crippen LogP contribution in [0.5, 0.6) is 5.88 Å². The molecule has 0 bridgehead atoms. The number of pyridine rings is 1. The first-order valence-electron chi connectivity index (χ1n) is 8.27. The van der Waals surface area contributed by atoms with E-state index in [4.69, 9.17) is 4.74 Å². The molecule has 1 aliphatic heterocycles. The fraction of sp³-hybridized carbons (Fsp3) is 0.471. The summed E-state index contributed by atoms with van der Waals surface area (Å²) in [6, 6.07) is 5.95. The first-order valence-corrected chi connectivity index (χ1v) is 9.50. The SMILES string of the molecule is CSc1nccc(NCCCNCC2CCc3cccnc3O2)n1. The summed E-state index contributed by atoms with van der Waals surface area (Å²) in [7, 11) is 0. The van der Waals surface area contributed by atoms with E-state index >= 15 is 0 Å². The molecule has 1 atom stereocenters. The van der Waals surface area contributed by atoms with Gasteiger partial charge in [0, 0.05) is 31.0 Å². The Morgan fingerprint density at radius 1 is 1.25 bits per heavy atom. The maximum absolute atomic E-state index is 5.92. The van der Waals surface area contributed by atoms with E-state index < -0.39 is 0 Å². The lowest BCUT2D eigenvalue weighted by molar-refractivity contribution is 0.163. The molecule has 3 rings (SSSR count). The molecule has 1 aliphatic rings. The van der Waals surface area contributed by atoms with Gasteiger partial charge in [0.1, 0.15) is 11.9 Å². The van der Waals surface area contributed by atoms with E-state index in [1.54, 1.807) is 24.2 Å². The summed E-state index contributed by atoms with van der Waals surface area (Å²) in [4.78, 5) is 12.9. The van der Waals surface area contributed by atoms with Crippen molar-refractivity contribution in [2.75, 3.05) is 31.2 Å². The predicted octanol–water partition coefficient (Wildman–Crippen LogP) is 2.38. The van der Waals surface area contributed by atoms with Gasteiger partial charge in [-0.05, 0) is 44.2 Å². The molecule has 1 unspecified atom stereocenters. The molecule has 2 aromatic heterocycles. The second-order valence-corrected chi connectivity index (χ2v) is 6.43. The fourth-order valence-corrected chi connectivity index (χ4v) is 2.98. The van der Waals surface area contributed by atoms with Gasteiger partial charge in [-0.25, -0.2) is 15.0 Å². The molecule has 2 aromatic rings. The zero-order valence-electron chi connectivity index (χ0n) is 13.9. The summed E-state index contributed by atoms with van der Waals surface area (Å²) in [6.07, 6.45) is 8.88. The average Bonchev–Trinajstić information content (AvgIpc) is 2.64. The van der Waals surface area contributed by atoms with Gasteiger partial charge in [-0.1, -0.05) is 17.8 Å². The molecule has 3 heterocycles. The predicted molar refractivity (Wildman–Crippen MR) is 96.8 cm³/mol. The van der Waals surface area contributed by atoms with Gasteiger partial charge in [0.05, 0.1) is 0 Å². The lowest BCUT2D eigenvalue weighted by Crippen LogP contribution is -2.35. The zero-order valence-corrected chi connectivity index (χ0v) is 14.7. The summed E-state index contributed by atoms with van der Waals surface area (Å²) >= 11 is 1.55. The summed E-state index contributed by atoms with van der Waals surface area (Å²) in [5.74, 6) is 1.68. The van der Waals surface area contributed by atoms with E-state index in [2.05, 4.69) is 31.7 Å². The third-order valence-electron chi connectivity index (χ3n) is 3.89. The molecule has 6 nitrogen and oxygen atoms in total. The number of rotatable bonds is 8. The molecule has 2 N–H and O–H groups in total. The minimum Gasteiger partial charge on any atom is -0.473 e. The highest BCUT2D eigenvalue weighted by Gasteiger charge is 2.19. The van der Waals surface area contributed by atoms with Crippen LogP contribution in [0.3, 0.4) is 0 Å². The molecule has 0 aliphatic carbocycles. The van der Waals surface area contributed by atoms with E-state index in [1.807, 2.05) is 18.4 Å².